The topological polar surface area (TPSA) is 17.1 Å². The third kappa shape index (κ3) is 3.10. The highest BCUT2D eigenvalue weighted by Crippen LogP contribution is 2.26. The van der Waals surface area contributed by atoms with Gasteiger partial charge in [-0.2, -0.15) is 0 Å². The van der Waals surface area contributed by atoms with E-state index in [0.717, 1.165) is 0 Å². The Balaban J connectivity index is 3.14. The van der Waals surface area contributed by atoms with E-state index < -0.39 is 6.43 Å². The van der Waals surface area contributed by atoms with Crippen LogP contribution in [0.1, 0.15) is 34.8 Å². The molecule has 0 radical (unpaired) electrons. The van der Waals surface area contributed by atoms with Crippen LogP contribution in [0.25, 0.3) is 0 Å². The Kier molecular flexibility index (Phi) is 5.05. The van der Waals surface area contributed by atoms with Crippen LogP contribution in [0.2, 0.25) is 0 Å². The quantitative estimate of drug-likeness (QED) is 0.574. The van der Waals surface area contributed by atoms with Gasteiger partial charge in [0.1, 0.15) is 0 Å². The van der Waals surface area contributed by atoms with Gasteiger partial charge in [0.2, 0.25) is 0 Å². The number of Topliss-reactive ketones (excluding diaryl/α,β-unsaturated/α-hetero) is 1. The van der Waals surface area contributed by atoms with Gasteiger partial charge in [0, 0.05) is 16.5 Å². The molecule has 1 rings (SSSR count). The summed E-state index contributed by atoms with van der Waals surface area (Å²) in [5.41, 5.74) is 0.868. The van der Waals surface area contributed by atoms with Crippen LogP contribution in [0.15, 0.2) is 18.2 Å². The highest BCUT2D eigenvalue weighted by atomic mass is 79.9. The van der Waals surface area contributed by atoms with Gasteiger partial charge in [-0.05, 0) is 18.6 Å². The largest absolute Gasteiger partial charge is 0.293 e. The van der Waals surface area contributed by atoms with Crippen LogP contribution >= 0.6 is 31.9 Å². The molecule has 1 atom stereocenters. The first-order valence-corrected chi connectivity index (χ1v) is 6.66. The number of benzene rings is 1. The minimum absolute atomic E-state index is 0.0318. The van der Waals surface area contributed by atoms with Crippen molar-refractivity contribution in [3.63, 3.8) is 0 Å². The first-order chi connectivity index (χ1) is 7.47. The van der Waals surface area contributed by atoms with Gasteiger partial charge in [-0.1, -0.05) is 44.0 Å². The fourth-order valence-electron chi connectivity index (χ4n) is 1.32. The third-order valence-corrected chi connectivity index (χ3v) is 3.19. The van der Waals surface area contributed by atoms with Crippen molar-refractivity contribution >= 4 is 37.6 Å². The van der Waals surface area contributed by atoms with Crippen molar-refractivity contribution in [1.82, 2.24) is 0 Å². The number of hydrogen-bond donors (Lipinski definition) is 0. The predicted molar refractivity (Wildman–Crippen MR) is 66.7 cm³/mol. The molecule has 88 valence electrons. The summed E-state index contributed by atoms with van der Waals surface area (Å²) in [7, 11) is 0. The van der Waals surface area contributed by atoms with E-state index in [9.17, 15) is 13.6 Å². The Bertz CT molecular complexity index is 392. The lowest BCUT2D eigenvalue weighted by Crippen LogP contribution is -2.10. The Hall–Kier alpha value is -0.290. The molecule has 0 heterocycles. The number of alkyl halides is 4. The van der Waals surface area contributed by atoms with Crippen LogP contribution in [0.4, 0.5) is 8.78 Å². The maximum absolute atomic E-state index is 12.6. The van der Waals surface area contributed by atoms with E-state index in [2.05, 4.69) is 31.9 Å². The Morgan fingerprint density at radius 2 is 2.06 bits per heavy atom. The maximum atomic E-state index is 12.6. The minimum Gasteiger partial charge on any atom is -0.293 e. The van der Waals surface area contributed by atoms with Crippen molar-refractivity contribution in [3.05, 3.63) is 34.9 Å². The summed E-state index contributed by atoms with van der Waals surface area (Å²) in [6.45, 7) is 1.71. The lowest BCUT2D eigenvalue weighted by atomic mass is 10.0. The summed E-state index contributed by atoms with van der Waals surface area (Å²) in [6, 6.07) is 4.26. The number of carbonyl (C=O) groups excluding carboxylic acids is 1. The zero-order valence-corrected chi connectivity index (χ0v) is 11.7. The molecule has 16 heavy (non-hydrogen) atoms. The van der Waals surface area contributed by atoms with Gasteiger partial charge in [-0.3, -0.25) is 4.79 Å². The zero-order valence-electron chi connectivity index (χ0n) is 8.51. The van der Waals surface area contributed by atoms with E-state index in [1.165, 1.54) is 18.2 Å². The van der Waals surface area contributed by atoms with Gasteiger partial charge in [0.05, 0.1) is 4.83 Å². The van der Waals surface area contributed by atoms with Gasteiger partial charge in [-0.15, -0.1) is 0 Å². The van der Waals surface area contributed by atoms with E-state index in [1.54, 1.807) is 6.92 Å². The van der Waals surface area contributed by atoms with E-state index in [4.69, 9.17) is 0 Å². The molecule has 1 nitrogen and oxygen atoms in total. The molecule has 0 spiro atoms. The highest BCUT2D eigenvalue weighted by Gasteiger charge is 2.17. The van der Waals surface area contributed by atoms with E-state index >= 15 is 0 Å². The standard InChI is InChI=1S/C11H10Br2F2O/c1-6(13)10(16)7-2-3-9(11(14)15)8(4-7)5-12/h2-4,6,11H,5H2,1H3. The molecular formula is C11H10Br2F2O. The first-order valence-electron chi connectivity index (χ1n) is 4.62. The van der Waals surface area contributed by atoms with Crippen molar-refractivity contribution in [2.45, 2.75) is 23.5 Å². The number of rotatable bonds is 4. The second kappa shape index (κ2) is 5.87. The number of halogens is 4. The molecule has 1 aromatic carbocycles. The van der Waals surface area contributed by atoms with Crippen LogP contribution in [0.5, 0.6) is 0 Å². The highest BCUT2D eigenvalue weighted by molar-refractivity contribution is 9.10. The van der Waals surface area contributed by atoms with Crippen molar-refractivity contribution in [2.75, 3.05) is 0 Å². The van der Waals surface area contributed by atoms with Crippen molar-refractivity contribution in [2.24, 2.45) is 0 Å². The van der Waals surface area contributed by atoms with Crippen molar-refractivity contribution in [3.8, 4) is 0 Å². The molecule has 0 aliphatic rings. The van der Waals surface area contributed by atoms with Crippen LogP contribution < -0.4 is 0 Å². The first kappa shape index (κ1) is 13.8. The van der Waals surface area contributed by atoms with Gasteiger partial charge < -0.3 is 0 Å². The minimum atomic E-state index is -2.52. The smallest absolute Gasteiger partial charge is 0.264 e. The summed E-state index contributed by atoms with van der Waals surface area (Å²) in [5.74, 6) is -0.108. The fraction of sp³-hybridized carbons (Fsp3) is 0.364. The van der Waals surface area contributed by atoms with Gasteiger partial charge >= 0.3 is 0 Å². The zero-order chi connectivity index (χ0) is 12.3. The molecule has 0 N–H and O–H groups in total. The summed E-state index contributed by atoms with van der Waals surface area (Å²) in [4.78, 5) is 11.3. The Morgan fingerprint density at radius 3 is 2.50 bits per heavy atom. The normalized spacial score (nSPS) is 12.9. The van der Waals surface area contributed by atoms with Gasteiger partial charge in [0.15, 0.2) is 5.78 Å². The Morgan fingerprint density at radius 1 is 1.44 bits per heavy atom. The van der Waals surface area contributed by atoms with Crippen molar-refractivity contribution in [1.29, 1.82) is 0 Å². The third-order valence-electron chi connectivity index (χ3n) is 2.17. The molecule has 0 bridgehead atoms. The van der Waals surface area contributed by atoms with Gasteiger partial charge in [0.25, 0.3) is 6.43 Å². The fourth-order valence-corrected chi connectivity index (χ4v) is 2.07. The molecule has 0 saturated carbocycles. The van der Waals surface area contributed by atoms with Crippen LogP contribution in [0, 0.1) is 0 Å². The molecule has 0 amide bonds. The lowest BCUT2D eigenvalue weighted by Gasteiger charge is -2.09. The van der Waals surface area contributed by atoms with E-state index in [-0.39, 0.29) is 16.2 Å². The molecule has 0 aliphatic heterocycles. The second-order valence-electron chi connectivity index (χ2n) is 3.33. The monoisotopic (exact) mass is 354 g/mol. The maximum Gasteiger partial charge on any atom is 0.264 e. The van der Waals surface area contributed by atoms with E-state index in [0.29, 0.717) is 16.5 Å². The molecular weight excluding hydrogens is 346 g/mol. The average Bonchev–Trinajstić information content (AvgIpc) is 2.26. The summed E-state index contributed by atoms with van der Waals surface area (Å²) in [5, 5.41) is 0.310. The molecule has 0 aliphatic carbocycles. The van der Waals surface area contributed by atoms with Gasteiger partial charge in [-0.25, -0.2) is 8.78 Å². The summed E-state index contributed by atoms with van der Waals surface area (Å²) >= 11 is 6.30. The average molecular weight is 356 g/mol. The van der Waals surface area contributed by atoms with Crippen LogP contribution in [-0.2, 0) is 5.33 Å². The molecule has 1 unspecified atom stereocenters. The second-order valence-corrected chi connectivity index (χ2v) is 5.26. The molecule has 0 fully saturated rings. The summed E-state index contributed by atoms with van der Waals surface area (Å²) in [6.07, 6.45) is -2.52. The molecule has 0 saturated heterocycles. The molecule has 0 aromatic heterocycles. The van der Waals surface area contributed by atoms with Crippen LogP contribution in [-0.4, -0.2) is 10.6 Å². The van der Waals surface area contributed by atoms with E-state index in [1.807, 2.05) is 0 Å². The lowest BCUT2D eigenvalue weighted by molar-refractivity contribution is 0.0995. The predicted octanol–water partition coefficient (Wildman–Crippen LogP) is 4.49. The number of carbonyl (C=O) groups is 1. The Labute approximate surface area is 109 Å². The summed E-state index contributed by atoms with van der Waals surface area (Å²) < 4.78 is 25.2. The SMILES string of the molecule is CC(Br)C(=O)c1ccc(C(F)F)c(CBr)c1. The molecule has 1 aromatic rings. The number of hydrogen-bond acceptors (Lipinski definition) is 1. The van der Waals surface area contributed by atoms with Crippen LogP contribution in [0.3, 0.4) is 0 Å². The molecule has 5 heteroatoms. The number of ketones is 1. The van der Waals surface area contributed by atoms with Crippen molar-refractivity contribution < 1.29 is 13.6 Å².